The third kappa shape index (κ3) is 2.66. The number of rotatable bonds is 1. The van der Waals surface area contributed by atoms with Gasteiger partial charge in [-0.1, -0.05) is 6.92 Å². The zero-order chi connectivity index (χ0) is 13.2. The van der Waals surface area contributed by atoms with Crippen molar-refractivity contribution >= 4 is 5.95 Å². The monoisotopic (exact) mass is 262 g/mol. The highest BCUT2D eigenvalue weighted by Crippen LogP contribution is 2.20. The molecule has 0 amide bonds. The van der Waals surface area contributed by atoms with Crippen molar-refractivity contribution in [3.63, 3.8) is 0 Å². The lowest BCUT2D eigenvalue weighted by molar-refractivity contribution is 0.434. The lowest BCUT2D eigenvalue weighted by atomic mass is 10.00. The van der Waals surface area contributed by atoms with Crippen LogP contribution in [-0.4, -0.2) is 36.1 Å². The van der Waals surface area contributed by atoms with Crippen molar-refractivity contribution in [2.75, 3.05) is 31.1 Å². The molecule has 1 aromatic rings. The number of hydrogen-bond acceptors (Lipinski definition) is 4. The van der Waals surface area contributed by atoms with E-state index in [0.717, 1.165) is 62.1 Å². The van der Waals surface area contributed by atoms with Crippen LogP contribution in [0.5, 0.6) is 0 Å². The molecule has 5 nitrogen and oxygen atoms in total. The van der Waals surface area contributed by atoms with Gasteiger partial charge >= 0.3 is 0 Å². The van der Waals surface area contributed by atoms with E-state index in [1.54, 1.807) is 0 Å². The molecular weight excluding hydrogens is 240 g/mol. The summed E-state index contributed by atoms with van der Waals surface area (Å²) in [7, 11) is 0. The van der Waals surface area contributed by atoms with Crippen molar-refractivity contribution in [1.82, 2.24) is 15.3 Å². The van der Waals surface area contributed by atoms with Gasteiger partial charge in [-0.25, -0.2) is 4.98 Å². The molecule has 2 aliphatic heterocycles. The van der Waals surface area contributed by atoms with E-state index >= 15 is 0 Å². The first-order valence-electron chi connectivity index (χ1n) is 7.32. The SMILES string of the molecule is CC1CCN(c2nc3c(c(=O)[nH]2)CCNCC3)CC1. The van der Waals surface area contributed by atoms with E-state index in [1.807, 2.05) is 0 Å². The minimum Gasteiger partial charge on any atom is -0.342 e. The maximum atomic E-state index is 12.2. The van der Waals surface area contributed by atoms with Gasteiger partial charge in [0.2, 0.25) is 5.95 Å². The molecule has 0 saturated carbocycles. The van der Waals surface area contributed by atoms with Crippen LogP contribution in [0.1, 0.15) is 31.0 Å². The molecule has 1 aromatic heterocycles. The van der Waals surface area contributed by atoms with Gasteiger partial charge in [-0.2, -0.15) is 0 Å². The summed E-state index contributed by atoms with van der Waals surface area (Å²) >= 11 is 0. The average Bonchev–Trinajstić information content (AvgIpc) is 2.65. The summed E-state index contributed by atoms with van der Waals surface area (Å²) in [6.45, 7) is 6.08. The lowest BCUT2D eigenvalue weighted by Crippen LogP contribution is -2.36. The fourth-order valence-corrected chi connectivity index (χ4v) is 2.91. The molecule has 1 fully saturated rings. The molecule has 3 heterocycles. The van der Waals surface area contributed by atoms with Gasteiger partial charge in [-0.05, 0) is 31.7 Å². The van der Waals surface area contributed by atoms with Crippen LogP contribution in [0.15, 0.2) is 4.79 Å². The molecule has 0 aliphatic carbocycles. The maximum Gasteiger partial charge on any atom is 0.255 e. The summed E-state index contributed by atoms with van der Waals surface area (Å²) in [6, 6.07) is 0. The molecule has 3 rings (SSSR count). The van der Waals surface area contributed by atoms with Gasteiger partial charge in [0, 0.05) is 31.6 Å². The number of fused-ring (bicyclic) bond motifs is 1. The van der Waals surface area contributed by atoms with Crippen molar-refractivity contribution in [2.24, 2.45) is 5.92 Å². The van der Waals surface area contributed by atoms with Crippen LogP contribution in [0.4, 0.5) is 5.95 Å². The van der Waals surface area contributed by atoms with Gasteiger partial charge < -0.3 is 10.2 Å². The normalized spacial score (nSPS) is 21.0. The predicted octanol–water partition coefficient (Wildman–Crippen LogP) is 0.694. The van der Waals surface area contributed by atoms with Crippen molar-refractivity contribution in [3.8, 4) is 0 Å². The van der Waals surface area contributed by atoms with E-state index in [0.29, 0.717) is 0 Å². The van der Waals surface area contributed by atoms with Crippen LogP contribution in [0, 0.1) is 5.92 Å². The number of H-pyrrole nitrogens is 1. The Labute approximate surface area is 113 Å². The summed E-state index contributed by atoms with van der Waals surface area (Å²) in [5, 5.41) is 3.32. The minimum absolute atomic E-state index is 0.0577. The van der Waals surface area contributed by atoms with Crippen LogP contribution in [0.2, 0.25) is 0 Å². The highest BCUT2D eigenvalue weighted by molar-refractivity contribution is 5.34. The van der Waals surface area contributed by atoms with Crippen molar-refractivity contribution in [3.05, 3.63) is 21.6 Å². The maximum absolute atomic E-state index is 12.2. The third-order valence-corrected chi connectivity index (χ3v) is 4.26. The van der Waals surface area contributed by atoms with E-state index < -0.39 is 0 Å². The Bertz CT molecular complexity index is 503. The second kappa shape index (κ2) is 5.33. The van der Waals surface area contributed by atoms with Crippen LogP contribution in [0.25, 0.3) is 0 Å². The molecule has 19 heavy (non-hydrogen) atoms. The first kappa shape index (κ1) is 12.7. The fraction of sp³-hybridized carbons (Fsp3) is 0.714. The topological polar surface area (TPSA) is 61.0 Å². The predicted molar refractivity (Wildman–Crippen MR) is 75.7 cm³/mol. The van der Waals surface area contributed by atoms with Crippen molar-refractivity contribution in [1.29, 1.82) is 0 Å². The number of aromatic nitrogens is 2. The minimum atomic E-state index is 0.0577. The van der Waals surface area contributed by atoms with Gasteiger partial charge in [0.15, 0.2) is 0 Å². The molecule has 104 valence electrons. The molecule has 1 saturated heterocycles. The molecular formula is C14H22N4O. The lowest BCUT2D eigenvalue weighted by Gasteiger charge is -2.30. The molecule has 2 aliphatic rings. The Kier molecular flexibility index (Phi) is 3.55. The van der Waals surface area contributed by atoms with Crippen molar-refractivity contribution < 1.29 is 0 Å². The zero-order valence-electron chi connectivity index (χ0n) is 11.5. The molecule has 2 N–H and O–H groups in total. The number of piperidine rings is 1. The quantitative estimate of drug-likeness (QED) is 0.782. The summed E-state index contributed by atoms with van der Waals surface area (Å²) in [5.41, 5.74) is 1.92. The number of nitrogens with zero attached hydrogens (tertiary/aromatic N) is 2. The first-order valence-corrected chi connectivity index (χ1v) is 7.32. The Morgan fingerprint density at radius 1 is 1.21 bits per heavy atom. The van der Waals surface area contributed by atoms with Crippen molar-refractivity contribution in [2.45, 2.75) is 32.6 Å². The van der Waals surface area contributed by atoms with Crippen LogP contribution in [0.3, 0.4) is 0 Å². The molecule has 0 spiro atoms. The Morgan fingerprint density at radius 2 is 1.95 bits per heavy atom. The van der Waals surface area contributed by atoms with E-state index in [-0.39, 0.29) is 5.56 Å². The van der Waals surface area contributed by atoms with Gasteiger partial charge in [0.05, 0.1) is 5.69 Å². The Morgan fingerprint density at radius 3 is 2.74 bits per heavy atom. The second-order valence-corrected chi connectivity index (χ2v) is 5.73. The fourth-order valence-electron chi connectivity index (χ4n) is 2.91. The second-order valence-electron chi connectivity index (χ2n) is 5.73. The smallest absolute Gasteiger partial charge is 0.255 e. The largest absolute Gasteiger partial charge is 0.342 e. The van der Waals surface area contributed by atoms with Crippen LogP contribution in [-0.2, 0) is 12.8 Å². The first-order chi connectivity index (χ1) is 9.24. The van der Waals surface area contributed by atoms with E-state index in [9.17, 15) is 4.79 Å². The standard InChI is InChI=1S/C14H22N4O/c1-10-4-8-18(9-5-10)14-16-12-3-7-15-6-2-11(12)13(19)17-14/h10,15H,2-9H2,1H3,(H,16,17,19). The van der Waals surface area contributed by atoms with Gasteiger partial charge in [0.25, 0.3) is 5.56 Å². The summed E-state index contributed by atoms with van der Waals surface area (Å²) in [5.74, 6) is 1.56. The van der Waals surface area contributed by atoms with E-state index in [4.69, 9.17) is 4.98 Å². The summed E-state index contributed by atoms with van der Waals surface area (Å²) in [4.78, 5) is 22.1. The molecule has 0 bridgehead atoms. The number of nitrogens with one attached hydrogen (secondary N) is 2. The molecule has 0 atom stereocenters. The molecule has 0 radical (unpaired) electrons. The molecule has 0 unspecified atom stereocenters. The number of anilines is 1. The van der Waals surface area contributed by atoms with E-state index in [2.05, 4.69) is 22.1 Å². The van der Waals surface area contributed by atoms with Gasteiger partial charge in [-0.15, -0.1) is 0 Å². The van der Waals surface area contributed by atoms with Gasteiger partial charge in [-0.3, -0.25) is 9.78 Å². The Hall–Kier alpha value is -1.36. The Balaban J connectivity index is 1.89. The highest BCUT2D eigenvalue weighted by Gasteiger charge is 2.20. The van der Waals surface area contributed by atoms with E-state index in [1.165, 1.54) is 12.8 Å². The number of aromatic amines is 1. The number of hydrogen-bond donors (Lipinski definition) is 2. The summed E-state index contributed by atoms with van der Waals surface area (Å²) in [6.07, 6.45) is 4.01. The van der Waals surface area contributed by atoms with Crippen LogP contribution >= 0.6 is 0 Å². The summed E-state index contributed by atoms with van der Waals surface area (Å²) < 4.78 is 0. The average molecular weight is 262 g/mol. The van der Waals surface area contributed by atoms with Crippen LogP contribution < -0.4 is 15.8 Å². The molecule has 0 aromatic carbocycles. The van der Waals surface area contributed by atoms with Gasteiger partial charge in [0.1, 0.15) is 0 Å². The zero-order valence-corrected chi connectivity index (χ0v) is 11.5. The molecule has 5 heteroatoms. The highest BCUT2D eigenvalue weighted by atomic mass is 16.1. The third-order valence-electron chi connectivity index (χ3n) is 4.26.